The molecule has 0 unspecified atom stereocenters. The molecule has 4 amide bonds. The third-order valence-electron chi connectivity index (χ3n) is 12.9. The first-order chi connectivity index (χ1) is 25.3. The second-order valence-corrected chi connectivity index (χ2v) is 16.8. The van der Waals surface area contributed by atoms with Gasteiger partial charge in [0.15, 0.2) is 0 Å². The average Bonchev–Trinajstić information content (AvgIpc) is 3.94. The number of hydrogen-bond donors (Lipinski definition) is 2. The summed E-state index contributed by atoms with van der Waals surface area (Å²) in [4.78, 5) is 58.0. The minimum absolute atomic E-state index is 0.0347. The number of benzene rings is 1. The first kappa shape index (κ1) is 37.7. The SMILES string of the molecule is C=C(C)[C@H](NC(=O)OC[C@H]1CCCO1)C(=O)N1C[C@H](OC(=O)N2Cc3ccccc3C2)C[C@H]1C(=O)N[C@@H](CCC)B1O[C@@H]2C[C@@H]3C[C@@H](C3(C)C)[C@]2(C)O1. The van der Waals surface area contributed by atoms with Crippen molar-refractivity contribution < 1.29 is 42.7 Å². The van der Waals surface area contributed by atoms with Crippen molar-refractivity contribution in [2.45, 2.75) is 135 Å². The standard InChI is InChI=1S/C39H55BN4O9/c1-7-11-32(40-52-31-17-26-16-30(38(26,4)5)39(31,6)53-40)41-34(45)29-18-28(51-37(48)43-19-24-12-8-9-13-25(24)20-43)21-44(29)35(46)33(23(2)3)42-36(47)50-22-27-14-10-15-49-27/h8-9,12-13,26-33H,2,7,10-11,14-22H2,1,3-6H3,(H,41,45)(H,42,47)/t26-,27+,28+,29-,30-,31+,32-,33-,39-/m0/s1. The van der Waals surface area contributed by atoms with Crippen LogP contribution in [0.3, 0.4) is 0 Å². The summed E-state index contributed by atoms with van der Waals surface area (Å²) >= 11 is 0. The topological polar surface area (TPSA) is 145 Å². The van der Waals surface area contributed by atoms with Crippen LogP contribution < -0.4 is 10.6 Å². The van der Waals surface area contributed by atoms with Gasteiger partial charge in [-0.2, -0.15) is 0 Å². The minimum atomic E-state index is -1.17. The summed E-state index contributed by atoms with van der Waals surface area (Å²) < 4.78 is 30.2. The molecule has 3 aliphatic carbocycles. The van der Waals surface area contributed by atoms with E-state index >= 15 is 0 Å². The number of ether oxygens (including phenoxy) is 3. The van der Waals surface area contributed by atoms with Crippen molar-refractivity contribution in [3.05, 3.63) is 47.5 Å². The van der Waals surface area contributed by atoms with E-state index in [1.165, 1.54) is 4.90 Å². The fourth-order valence-electron chi connectivity index (χ4n) is 9.66. The van der Waals surface area contributed by atoms with Crippen molar-refractivity contribution in [2.75, 3.05) is 19.8 Å². The zero-order valence-electron chi connectivity index (χ0n) is 31.8. The maximum atomic E-state index is 14.4. The highest BCUT2D eigenvalue weighted by molar-refractivity contribution is 6.48. The Labute approximate surface area is 312 Å². The Kier molecular flexibility index (Phi) is 10.6. The maximum Gasteiger partial charge on any atom is 0.481 e. The van der Waals surface area contributed by atoms with Crippen molar-refractivity contribution in [3.63, 3.8) is 0 Å². The Morgan fingerprint density at radius 3 is 2.45 bits per heavy atom. The van der Waals surface area contributed by atoms with Gasteiger partial charge in [-0.1, -0.05) is 58.0 Å². The summed E-state index contributed by atoms with van der Waals surface area (Å²) in [5.74, 6) is -0.447. The summed E-state index contributed by atoms with van der Waals surface area (Å²) in [6.07, 6.45) is 2.90. The molecule has 1 aromatic carbocycles. The van der Waals surface area contributed by atoms with Crippen LogP contribution in [0.25, 0.3) is 0 Å². The number of amides is 4. The molecule has 6 fully saturated rings. The molecule has 4 heterocycles. The summed E-state index contributed by atoms with van der Waals surface area (Å²) in [5.41, 5.74) is 2.21. The summed E-state index contributed by atoms with van der Waals surface area (Å²) in [6.45, 7) is 15.9. The molecule has 13 nitrogen and oxygen atoms in total. The van der Waals surface area contributed by atoms with Crippen molar-refractivity contribution in [2.24, 2.45) is 17.3 Å². The monoisotopic (exact) mass is 734 g/mol. The number of fused-ring (bicyclic) bond motifs is 1. The molecule has 1 aromatic rings. The van der Waals surface area contributed by atoms with Gasteiger partial charge in [0.25, 0.3) is 0 Å². The number of alkyl carbamates (subject to hydrolysis) is 1. The van der Waals surface area contributed by atoms with Gasteiger partial charge < -0.3 is 39.1 Å². The summed E-state index contributed by atoms with van der Waals surface area (Å²) in [5, 5.41) is 5.83. The lowest BCUT2D eigenvalue weighted by Gasteiger charge is -2.64. The molecule has 2 N–H and O–H groups in total. The third-order valence-corrected chi connectivity index (χ3v) is 12.9. The molecule has 53 heavy (non-hydrogen) atoms. The number of rotatable bonds is 11. The number of carbonyl (C=O) groups is 4. The van der Waals surface area contributed by atoms with Crippen LogP contribution >= 0.6 is 0 Å². The van der Waals surface area contributed by atoms with E-state index in [2.05, 4.69) is 38.0 Å². The second kappa shape index (κ2) is 14.9. The van der Waals surface area contributed by atoms with Gasteiger partial charge in [-0.15, -0.1) is 0 Å². The predicted molar refractivity (Wildman–Crippen MR) is 195 cm³/mol. The van der Waals surface area contributed by atoms with Crippen LogP contribution in [0.5, 0.6) is 0 Å². The molecular formula is C39H55BN4O9. The van der Waals surface area contributed by atoms with Crippen molar-refractivity contribution in [3.8, 4) is 0 Å². The Morgan fingerprint density at radius 2 is 1.81 bits per heavy atom. The fourth-order valence-corrected chi connectivity index (χ4v) is 9.66. The van der Waals surface area contributed by atoms with Gasteiger partial charge in [0.1, 0.15) is 24.8 Å². The molecular weight excluding hydrogens is 679 g/mol. The van der Waals surface area contributed by atoms with Crippen LogP contribution in [0.4, 0.5) is 9.59 Å². The number of likely N-dealkylation sites (tertiary alicyclic amines) is 1. The lowest BCUT2D eigenvalue weighted by atomic mass is 9.43. The number of nitrogens with one attached hydrogen (secondary N) is 2. The van der Waals surface area contributed by atoms with Gasteiger partial charge in [-0.05, 0) is 79.9 Å². The second-order valence-electron chi connectivity index (χ2n) is 16.8. The molecule has 7 aliphatic rings. The van der Waals surface area contributed by atoms with E-state index in [4.69, 9.17) is 23.5 Å². The quantitative estimate of drug-likeness (QED) is 0.248. The number of hydrogen-bond acceptors (Lipinski definition) is 9. The van der Waals surface area contributed by atoms with Gasteiger partial charge in [0.05, 0.1) is 30.3 Å². The molecule has 2 bridgehead atoms. The lowest BCUT2D eigenvalue weighted by molar-refractivity contribution is -0.199. The highest BCUT2D eigenvalue weighted by Gasteiger charge is 2.68. The molecule has 0 radical (unpaired) electrons. The Hall–Kier alpha value is -3.62. The largest absolute Gasteiger partial charge is 0.481 e. The highest BCUT2D eigenvalue weighted by Crippen LogP contribution is 2.65. The van der Waals surface area contributed by atoms with Crippen LogP contribution in [0.1, 0.15) is 90.7 Å². The highest BCUT2D eigenvalue weighted by atomic mass is 16.7. The van der Waals surface area contributed by atoms with E-state index in [0.29, 0.717) is 43.5 Å². The lowest BCUT2D eigenvalue weighted by Crippen LogP contribution is -2.65. The number of carbonyl (C=O) groups excluding carboxylic acids is 4. The summed E-state index contributed by atoms with van der Waals surface area (Å²) in [6, 6.07) is 5.68. The predicted octanol–water partition coefficient (Wildman–Crippen LogP) is 4.51. The van der Waals surface area contributed by atoms with Crippen LogP contribution in [-0.4, -0.2) is 103 Å². The van der Waals surface area contributed by atoms with Gasteiger partial charge in [0.2, 0.25) is 11.8 Å². The molecule has 288 valence electrons. The fraction of sp³-hybridized carbons (Fsp3) is 0.692. The van der Waals surface area contributed by atoms with E-state index in [1.54, 1.807) is 11.8 Å². The molecule has 0 spiro atoms. The Bertz CT molecular complexity index is 1580. The van der Waals surface area contributed by atoms with Crippen LogP contribution in [0, 0.1) is 17.3 Å². The van der Waals surface area contributed by atoms with Gasteiger partial charge >= 0.3 is 19.3 Å². The van der Waals surface area contributed by atoms with E-state index in [0.717, 1.165) is 43.2 Å². The molecule has 0 aromatic heterocycles. The smallest absolute Gasteiger partial charge is 0.447 e. The molecule has 8 rings (SSSR count). The molecule has 4 aliphatic heterocycles. The van der Waals surface area contributed by atoms with Gasteiger partial charge in [-0.25, -0.2) is 9.59 Å². The van der Waals surface area contributed by atoms with Gasteiger partial charge in [0, 0.05) is 26.1 Å². The van der Waals surface area contributed by atoms with Crippen molar-refractivity contribution in [1.82, 2.24) is 20.4 Å². The van der Waals surface area contributed by atoms with Crippen LogP contribution in [0.2, 0.25) is 0 Å². The molecule has 14 heteroatoms. The Balaban J connectivity index is 1.06. The first-order valence-corrected chi connectivity index (χ1v) is 19.4. The molecule has 3 saturated heterocycles. The van der Waals surface area contributed by atoms with E-state index in [-0.39, 0.29) is 37.2 Å². The zero-order valence-corrected chi connectivity index (χ0v) is 31.8. The van der Waals surface area contributed by atoms with E-state index < -0.39 is 60.8 Å². The molecule has 3 saturated carbocycles. The van der Waals surface area contributed by atoms with Crippen LogP contribution in [-0.2, 0) is 46.2 Å². The maximum absolute atomic E-state index is 14.4. The van der Waals surface area contributed by atoms with E-state index in [9.17, 15) is 19.2 Å². The van der Waals surface area contributed by atoms with Gasteiger partial charge in [-0.3, -0.25) is 14.5 Å². The average molecular weight is 735 g/mol. The Morgan fingerprint density at radius 1 is 1.08 bits per heavy atom. The number of nitrogens with zero attached hydrogens (tertiary/aromatic N) is 2. The van der Waals surface area contributed by atoms with Crippen LogP contribution in [0.15, 0.2) is 36.4 Å². The normalized spacial score (nSPS) is 31.9. The third kappa shape index (κ3) is 7.30. The first-order valence-electron chi connectivity index (χ1n) is 19.4. The summed E-state index contributed by atoms with van der Waals surface area (Å²) in [7, 11) is -0.636. The van der Waals surface area contributed by atoms with Crippen molar-refractivity contribution >= 4 is 31.1 Å². The zero-order chi connectivity index (χ0) is 37.7. The minimum Gasteiger partial charge on any atom is -0.447 e. The molecule has 9 atom stereocenters. The van der Waals surface area contributed by atoms with Crippen molar-refractivity contribution in [1.29, 1.82) is 0 Å². The van der Waals surface area contributed by atoms with E-state index in [1.807, 2.05) is 31.2 Å².